The van der Waals surface area contributed by atoms with Crippen LogP contribution >= 0.6 is 0 Å². The molecule has 0 saturated heterocycles. The molecule has 2 rings (SSSR count). The van der Waals surface area contributed by atoms with E-state index in [4.69, 9.17) is 4.74 Å². The molecule has 118 valence electrons. The van der Waals surface area contributed by atoms with E-state index in [1.807, 2.05) is 50.4 Å². The van der Waals surface area contributed by atoms with Crippen molar-refractivity contribution in [2.45, 2.75) is 46.1 Å². The number of benzene rings is 1. The lowest BCUT2D eigenvalue weighted by Crippen LogP contribution is -2.36. The Bertz CT molecular complexity index is 597. The molecule has 0 saturated carbocycles. The van der Waals surface area contributed by atoms with Gasteiger partial charge in [-0.05, 0) is 19.4 Å². The Hall–Kier alpha value is -2.21. The number of amides is 1. The van der Waals surface area contributed by atoms with Crippen LogP contribution in [0.25, 0.3) is 0 Å². The van der Waals surface area contributed by atoms with Crippen molar-refractivity contribution in [3.8, 4) is 0 Å². The molecule has 1 aromatic carbocycles. The van der Waals surface area contributed by atoms with Crippen LogP contribution in [0.15, 0.2) is 36.5 Å². The van der Waals surface area contributed by atoms with Gasteiger partial charge in [-0.15, -0.1) is 5.10 Å². The molecular formula is C16H22N4O2. The second-order valence-corrected chi connectivity index (χ2v) is 5.20. The first-order chi connectivity index (χ1) is 10.6. The molecule has 2 atom stereocenters. The first-order valence-electron chi connectivity index (χ1n) is 7.42. The van der Waals surface area contributed by atoms with E-state index in [0.29, 0.717) is 6.61 Å². The lowest BCUT2D eigenvalue weighted by molar-refractivity contribution is -0.120. The van der Waals surface area contributed by atoms with E-state index in [0.717, 1.165) is 17.8 Å². The summed E-state index contributed by atoms with van der Waals surface area (Å²) in [5.41, 5.74) is 1.80. The number of hydrogen-bond donors (Lipinski definition) is 1. The molecule has 0 spiro atoms. The quantitative estimate of drug-likeness (QED) is 0.850. The van der Waals surface area contributed by atoms with Crippen LogP contribution in [-0.2, 0) is 22.7 Å². The van der Waals surface area contributed by atoms with Crippen molar-refractivity contribution in [3.05, 3.63) is 47.8 Å². The largest absolute Gasteiger partial charge is 0.365 e. The van der Waals surface area contributed by atoms with Crippen molar-refractivity contribution in [2.24, 2.45) is 0 Å². The van der Waals surface area contributed by atoms with Gasteiger partial charge in [0.1, 0.15) is 11.8 Å². The van der Waals surface area contributed by atoms with Gasteiger partial charge in [-0.2, -0.15) is 0 Å². The van der Waals surface area contributed by atoms with E-state index in [2.05, 4.69) is 15.6 Å². The molecule has 1 heterocycles. The number of aryl methyl sites for hydroxylation is 1. The molecule has 0 unspecified atom stereocenters. The number of hydrogen-bond acceptors (Lipinski definition) is 4. The van der Waals surface area contributed by atoms with Crippen LogP contribution in [0.2, 0.25) is 0 Å². The average molecular weight is 302 g/mol. The fourth-order valence-electron chi connectivity index (χ4n) is 2.30. The summed E-state index contributed by atoms with van der Waals surface area (Å²) in [5.74, 6) is -0.0750. The third-order valence-electron chi connectivity index (χ3n) is 3.33. The van der Waals surface area contributed by atoms with Gasteiger partial charge >= 0.3 is 0 Å². The van der Waals surface area contributed by atoms with E-state index in [1.54, 1.807) is 4.68 Å². The summed E-state index contributed by atoms with van der Waals surface area (Å²) in [5, 5.41) is 11.0. The summed E-state index contributed by atoms with van der Waals surface area (Å²) in [7, 11) is 0. The standard InChI is InChI=1S/C16H22N4O2/c1-4-20-10-15(18-19-20)11-22-16(12(2)17-13(3)21)14-8-6-5-7-9-14/h5-10,12,16H,4,11H2,1-3H3,(H,17,21)/t12-,16-/m0/s1. The summed E-state index contributed by atoms with van der Waals surface area (Å²) in [4.78, 5) is 11.3. The zero-order valence-electron chi connectivity index (χ0n) is 13.2. The van der Waals surface area contributed by atoms with Crippen LogP contribution in [0.3, 0.4) is 0 Å². The van der Waals surface area contributed by atoms with E-state index in [-0.39, 0.29) is 18.1 Å². The number of rotatable bonds is 7. The highest BCUT2D eigenvalue weighted by molar-refractivity contribution is 5.73. The van der Waals surface area contributed by atoms with Crippen LogP contribution in [-0.4, -0.2) is 26.9 Å². The number of nitrogens with one attached hydrogen (secondary N) is 1. The van der Waals surface area contributed by atoms with Crippen molar-refractivity contribution >= 4 is 5.91 Å². The molecule has 1 N–H and O–H groups in total. The summed E-state index contributed by atoms with van der Waals surface area (Å²) in [6.45, 7) is 6.57. The molecule has 0 aliphatic heterocycles. The summed E-state index contributed by atoms with van der Waals surface area (Å²) in [6, 6.07) is 9.72. The number of nitrogens with zero attached hydrogens (tertiary/aromatic N) is 3. The molecule has 6 heteroatoms. The van der Waals surface area contributed by atoms with Crippen LogP contribution in [0.5, 0.6) is 0 Å². The maximum Gasteiger partial charge on any atom is 0.217 e. The van der Waals surface area contributed by atoms with Gasteiger partial charge in [-0.3, -0.25) is 9.48 Å². The lowest BCUT2D eigenvalue weighted by Gasteiger charge is -2.25. The number of carbonyl (C=O) groups is 1. The number of ether oxygens (including phenoxy) is 1. The fraction of sp³-hybridized carbons (Fsp3) is 0.438. The molecule has 0 fully saturated rings. The normalized spacial score (nSPS) is 13.6. The third-order valence-corrected chi connectivity index (χ3v) is 3.33. The third kappa shape index (κ3) is 4.39. The topological polar surface area (TPSA) is 69.0 Å². The van der Waals surface area contributed by atoms with Crippen molar-refractivity contribution in [2.75, 3.05) is 0 Å². The highest BCUT2D eigenvalue weighted by Gasteiger charge is 2.21. The zero-order chi connectivity index (χ0) is 15.9. The smallest absolute Gasteiger partial charge is 0.217 e. The first kappa shape index (κ1) is 16.2. The fourth-order valence-corrected chi connectivity index (χ4v) is 2.30. The van der Waals surface area contributed by atoms with E-state index in [9.17, 15) is 4.79 Å². The average Bonchev–Trinajstić information content (AvgIpc) is 2.96. The Balaban J connectivity index is 2.08. The Kier molecular flexibility index (Phi) is 5.66. The monoisotopic (exact) mass is 302 g/mol. The molecule has 2 aromatic rings. The van der Waals surface area contributed by atoms with Crippen LogP contribution < -0.4 is 5.32 Å². The van der Waals surface area contributed by atoms with Gasteiger partial charge in [0, 0.05) is 13.5 Å². The van der Waals surface area contributed by atoms with Gasteiger partial charge in [-0.1, -0.05) is 35.5 Å². The minimum absolute atomic E-state index is 0.0750. The predicted octanol–water partition coefficient (Wildman–Crippen LogP) is 2.08. The molecule has 1 aromatic heterocycles. The van der Waals surface area contributed by atoms with Gasteiger partial charge in [0.25, 0.3) is 0 Å². The Morgan fingerprint density at radius 2 is 2.09 bits per heavy atom. The maximum absolute atomic E-state index is 11.3. The van der Waals surface area contributed by atoms with Gasteiger partial charge in [0.2, 0.25) is 5.91 Å². The van der Waals surface area contributed by atoms with Gasteiger partial charge in [0.05, 0.1) is 18.8 Å². The molecule has 0 radical (unpaired) electrons. The van der Waals surface area contributed by atoms with Crippen molar-refractivity contribution in [3.63, 3.8) is 0 Å². The molecule has 0 bridgehead atoms. The summed E-state index contributed by atoms with van der Waals surface area (Å²) in [6.07, 6.45) is 1.63. The minimum atomic E-state index is -0.239. The van der Waals surface area contributed by atoms with E-state index < -0.39 is 0 Å². The van der Waals surface area contributed by atoms with E-state index >= 15 is 0 Å². The first-order valence-corrected chi connectivity index (χ1v) is 7.42. The van der Waals surface area contributed by atoms with Crippen molar-refractivity contribution in [1.82, 2.24) is 20.3 Å². The molecule has 1 amide bonds. The molecule has 0 aliphatic rings. The van der Waals surface area contributed by atoms with Crippen molar-refractivity contribution < 1.29 is 9.53 Å². The van der Waals surface area contributed by atoms with Crippen LogP contribution in [0.1, 0.15) is 38.1 Å². The predicted molar refractivity (Wildman–Crippen MR) is 82.9 cm³/mol. The molecule has 22 heavy (non-hydrogen) atoms. The molecule has 6 nitrogen and oxygen atoms in total. The van der Waals surface area contributed by atoms with Gasteiger partial charge in [-0.25, -0.2) is 0 Å². The Morgan fingerprint density at radius 3 is 2.68 bits per heavy atom. The Morgan fingerprint density at radius 1 is 1.36 bits per heavy atom. The SMILES string of the molecule is CCn1cc(CO[C@H](c2ccccc2)[C@H](C)NC(C)=O)nn1. The Labute approximate surface area is 130 Å². The van der Waals surface area contributed by atoms with Crippen LogP contribution in [0, 0.1) is 0 Å². The molecule has 0 aliphatic carbocycles. The van der Waals surface area contributed by atoms with Crippen molar-refractivity contribution in [1.29, 1.82) is 0 Å². The van der Waals surface area contributed by atoms with Gasteiger partial charge < -0.3 is 10.1 Å². The maximum atomic E-state index is 11.3. The summed E-state index contributed by atoms with van der Waals surface area (Å²) < 4.78 is 7.76. The number of carbonyl (C=O) groups excluding carboxylic acids is 1. The highest BCUT2D eigenvalue weighted by atomic mass is 16.5. The number of aromatic nitrogens is 3. The van der Waals surface area contributed by atoms with Gasteiger partial charge in [0.15, 0.2) is 0 Å². The second kappa shape index (κ2) is 7.70. The highest BCUT2D eigenvalue weighted by Crippen LogP contribution is 2.22. The summed E-state index contributed by atoms with van der Waals surface area (Å²) >= 11 is 0. The van der Waals surface area contributed by atoms with Crippen LogP contribution in [0.4, 0.5) is 0 Å². The molecular weight excluding hydrogens is 280 g/mol. The lowest BCUT2D eigenvalue weighted by atomic mass is 10.0. The second-order valence-electron chi connectivity index (χ2n) is 5.20. The van der Waals surface area contributed by atoms with E-state index in [1.165, 1.54) is 6.92 Å². The zero-order valence-corrected chi connectivity index (χ0v) is 13.2. The minimum Gasteiger partial charge on any atom is -0.365 e.